The number of methoxy groups -OCH3 is 1. The molecule has 28 heavy (non-hydrogen) atoms. The second-order valence-corrected chi connectivity index (χ2v) is 8.18. The summed E-state index contributed by atoms with van der Waals surface area (Å²) in [6.45, 7) is 2.22. The first-order valence-electron chi connectivity index (χ1n) is 8.74. The van der Waals surface area contributed by atoms with Crippen molar-refractivity contribution in [2.45, 2.75) is 19.1 Å². The molecule has 0 heterocycles. The van der Waals surface area contributed by atoms with Gasteiger partial charge in [0, 0.05) is 0 Å². The smallest absolute Gasteiger partial charge is 0.338 e. The Morgan fingerprint density at radius 1 is 1.04 bits per heavy atom. The second-order valence-electron chi connectivity index (χ2n) is 6.11. The molecule has 0 unspecified atom stereocenters. The van der Waals surface area contributed by atoms with E-state index < -0.39 is 27.5 Å². The molecule has 0 radical (unpaired) electrons. The van der Waals surface area contributed by atoms with Crippen LogP contribution in [0, 0.1) is 0 Å². The minimum absolute atomic E-state index is 0.309. The molecule has 0 fully saturated rings. The van der Waals surface area contributed by atoms with Crippen molar-refractivity contribution >= 4 is 27.4 Å². The molecule has 2 aromatic carbocycles. The number of hydrogen-bond acceptors (Lipinski definition) is 6. The summed E-state index contributed by atoms with van der Waals surface area (Å²) in [6, 6.07) is 12.8. The van der Waals surface area contributed by atoms with Crippen molar-refractivity contribution in [1.82, 2.24) is 0 Å². The van der Waals surface area contributed by atoms with Crippen LogP contribution in [-0.4, -0.2) is 39.8 Å². The van der Waals surface area contributed by atoms with Crippen LogP contribution in [0.25, 0.3) is 0 Å². The van der Waals surface area contributed by atoms with E-state index in [4.69, 9.17) is 9.47 Å². The molecule has 0 aliphatic carbocycles. The molecule has 2 rings (SSSR count). The Morgan fingerprint density at radius 3 is 2.36 bits per heavy atom. The number of benzene rings is 2. The van der Waals surface area contributed by atoms with Gasteiger partial charge in [-0.3, -0.25) is 4.79 Å². The standard InChI is InChI=1S/C20H23NO6S/c1-3-12-27-20(23)16-10-8-15(9-11-16)13-28(24,25)14-19(22)21-17-6-4-5-7-18(17)26-2/h4-11H,3,12-14H2,1-2H3,(H,21,22). The Bertz CT molecular complexity index is 922. The number of para-hydroxylation sites is 2. The van der Waals surface area contributed by atoms with E-state index in [2.05, 4.69) is 5.32 Å². The number of ether oxygens (including phenoxy) is 2. The topological polar surface area (TPSA) is 98.8 Å². The summed E-state index contributed by atoms with van der Waals surface area (Å²) in [5, 5.41) is 2.54. The van der Waals surface area contributed by atoms with E-state index in [-0.39, 0.29) is 5.75 Å². The molecule has 1 N–H and O–H groups in total. The molecule has 0 atom stereocenters. The van der Waals surface area contributed by atoms with Crippen molar-refractivity contribution in [3.63, 3.8) is 0 Å². The number of anilines is 1. The molecule has 0 aromatic heterocycles. The number of carbonyl (C=O) groups excluding carboxylic acids is 2. The average Bonchev–Trinajstić information content (AvgIpc) is 2.66. The lowest BCUT2D eigenvalue weighted by atomic mass is 10.1. The lowest BCUT2D eigenvalue weighted by Gasteiger charge is -2.10. The normalized spacial score (nSPS) is 10.9. The van der Waals surface area contributed by atoms with Gasteiger partial charge in [0.25, 0.3) is 0 Å². The van der Waals surface area contributed by atoms with E-state index in [9.17, 15) is 18.0 Å². The fraction of sp³-hybridized carbons (Fsp3) is 0.300. The van der Waals surface area contributed by atoms with Crippen molar-refractivity contribution in [2.24, 2.45) is 0 Å². The van der Waals surface area contributed by atoms with Gasteiger partial charge in [0.05, 0.1) is 30.7 Å². The Kier molecular flexibility index (Phi) is 7.57. The maximum atomic E-state index is 12.3. The first kappa shape index (κ1) is 21.4. The number of nitrogens with one attached hydrogen (secondary N) is 1. The molecule has 0 aliphatic heterocycles. The molecule has 0 bridgehead atoms. The molecule has 0 aliphatic rings. The monoisotopic (exact) mass is 405 g/mol. The van der Waals surface area contributed by atoms with Gasteiger partial charge in [-0.05, 0) is 36.2 Å². The van der Waals surface area contributed by atoms with Crippen LogP contribution in [0.15, 0.2) is 48.5 Å². The van der Waals surface area contributed by atoms with E-state index in [1.807, 2.05) is 6.92 Å². The fourth-order valence-electron chi connectivity index (χ4n) is 2.45. The molecule has 0 saturated heterocycles. The molecule has 0 saturated carbocycles. The minimum Gasteiger partial charge on any atom is -0.495 e. The highest BCUT2D eigenvalue weighted by Crippen LogP contribution is 2.23. The molecule has 2 aromatic rings. The van der Waals surface area contributed by atoms with Crippen LogP contribution in [-0.2, 0) is 25.1 Å². The summed E-state index contributed by atoms with van der Waals surface area (Å²) in [6.07, 6.45) is 0.721. The summed E-state index contributed by atoms with van der Waals surface area (Å²) in [4.78, 5) is 23.9. The van der Waals surface area contributed by atoms with Gasteiger partial charge in [0.2, 0.25) is 5.91 Å². The van der Waals surface area contributed by atoms with Crippen molar-refractivity contribution in [2.75, 3.05) is 24.8 Å². The SMILES string of the molecule is CCCOC(=O)c1ccc(CS(=O)(=O)CC(=O)Nc2ccccc2OC)cc1. The van der Waals surface area contributed by atoms with E-state index in [0.29, 0.717) is 29.2 Å². The molecule has 1 amide bonds. The Labute approximate surface area is 164 Å². The van der Waals surface area contributed by atoms with Gasteiger partial charge in [-0.2, -0.15) is 0 Å². The number of sulfone groups is 1. The van der Waals surface area contributed by atoms with Gasteiger partial charge in [-0.15, -0.1) is 0 Å². The van der Waals surface area contributed by atoms with E-state index in [0.717, 1.165) is 6.42 Å². The summed E-state index contributed by atoms with van der Waals surface area (Å²) >= 11 is 0. The number of amides is 1. The third-order valence-electron chi connectivity index (χ3n) is 3.75. The number of hydrogen-bond donors (Lipinski definition) is 1. The highest BCUT2D eigenvalue weighted by atomic mass is 32.2. The van der Waals surface area contributed by atoms with E-state index in [1.54, 1.807) is 24.3 Å². The summed E-state index contributed by atoms with van der Waals surface area (Å²) in [7, 11) is -2.23. The van der Waals surface area contributed by atoms with Gasteiger partial charge in [-0.25, -0.2) is 13.2 Å². The molecule has 150 valence electrons. The number of esters is 1. The van der Waals surface area contributed by atoms with Gasteiger partial charge in [-0.1, -0.05) is 31.2 Å². The van der Waals surface area contributed by atoms with Crippen molar-refractivity contribution in [1.29, 1.82) is 0 Å². The zero-order valence-electron chi connectivity index (χ0n) is 15.8. The third-order valence-corrected chi connectivity index (χ3v) is 5.22. The van der Waals surface area contributed by atoms with Gasteiger partial charge in [0.15, 0.2) is 9.84 Å². The zero-order chi connectivity index (χ0) is 20.6. The summed E-state index contributed by atoms with van der Waals surface area (Å²) in [5.74, 6) is -1.63. The third kappa shape index (κ3) is 6.38. The van der Waals surface area contributed by atoms with Gasteiger partial charge >= 0.3 is 5.97 Å². The first-order chi connectivity index (χ1) is 13.3. The predicted molar refractivity (Wildman–Crippen MR) is 106 cm³/mol. The molecule has 8 heteroatoms. The Hall–Kier alpha value is -2.87. The van der Waals surface area contributed by atoms with E-state index in [1.165, 1.54) is 31.4 Å². The number of rotatable bonds is 9. The van der Waals surface area contributed by atoms with Crippen LogP contribution in [0.5, 0.6) is 5.75 Å². The minimum atomic E-state index is -3.69. The van der Waals surface area contributed by atoms with Crippen molar-refractivity contribution in [3.8, 4) is 5.75 Å². The average molecular weight is 405 g/mol. The lowest BCUT2D eigenvalue weighted by Crippen LogP contribution is -2.24. The molecular weight excluding hydrogens is 382 g/mol. The quantitative estimate of drug-likeness (QED) is 0.644. The van der Waals surface area contributed by atoms with Crippen LogP contribution in [0.1, 0.15) is 29.3 Å². The van der Waals surface area contributed by atoms with Crippen LogP contribution >= 0.6 is 0 Å². The second kappa shape index (κ2) is 9.89. The fourth-order valence-corrected chi connectivity index (χ4v) is 3.73. The largest absolute Gasteiger partial charge is 0.495 e. The highest BCUT2D eigenvalue weighted by molar-refractivity contribution is 7.91. The summed E-state index contributed by atoms with van der Waals surface area (Å²) in [5.41, 5.74) is 1.24. The lowest BCUT2D eigenvalue weighted by molar-refractivity contribution is -0.113. The maximum absolute atomic E-state index is 12.3. The Morgan fingerprint density at radius 2 is 1.71 bits per heavy atom. The van der Waals surface area contributed by atoms with Crippen molar-refractivity contribution in [3.05, 3.63) is 59.7 Å². The van der Waals surface area contributed by atoms with Crippen LogP contribution < -0.4 is 10.1 Å². The van der Waals surface area contributed by atoms with Crippen LogP contribution in [0.3, 0.4) is 0 Å². The van der Waals surface area contributed by atoms with Crippen molar-refractivity contribution < 1.29 is 27.5 Å². The number of carbonyl (C=O) groups is 2. The molecular formula is C20H23NO6S. The predicted octanol–water partition coefficient (Wildman–Crippen LogP) is 2.82. The van der Waals surface area contributed by atoms with Gasteiger partial charge < -0.3 is 14.8 Å². The molecule has 7 nitrogen and oxygen atoms in total. The maximum Gasteiger partial charge on any atom is 0.338 e. The van der Waals surface area contributed by atoms with Crippen LogP contribution in [0.4, 0.5) is 5.69 Å². The summed E-state index contributed by atoms with van der Waals surface area (Å²) < 4.78 is 34.8. The van der Waals surface area contributed by atoms with Gasteiger partial charge in [0.1, 0.15) is 11.5 Å². The molecule has 0 spiro atoms. The first-order valence-corrected chi connectivity index (χ1v) is 10.6. The van der Waals surface area contributed by atoms with Crippen LogP contribution in [0.2, 0.25) is 0 Å². The van der Waals surface area contributed by atoms with E-state index >= 15 is 0 Å². The highest BCUT2D eigenvalue weighted by Gasteiger charge is 2.19. The zero-order valence-corrected chi connectivity index (χ0v) is 16.6. The Balaban J connectivity index is 1.97.